The Labute approximate surface area is 116 Å². The van der Waals surface area contributed by atoms with Crippen molar-refractivity contribution < 1.29 is 13.6 Å². The zero-order valence-corrected chi connectivity index (χ0v) is 12.8. The van der Waals surface area contributed by atoms with Crippen LogP contribution in [0.5, 0.6) is 0 Å². The highest BCUT2D eigenvalue weighted by atomic mass is 35.5. The summed E-state index contributed by atoms with van der Waals surface area (Å²) in [6.45, 7) is 5.69. The van der Waals surface area contributed by atoms with Crippen molar-refractivity contribution in [3.05, 3.63) is 22.2 Å². The van der Waals surface area contributed by atoms with E-state index in [0.717, 1.165) is 0 Å². The fourth-order valence-corrected chi connectivity index (χ4v) is 3.43. The quantitative estimate of drug-likeness (QED) is 0.584. The molecule has 5 nitrogen and oxygen atoms in total. The first-order chi connectivity index (χ1) is 8.42. The zero-order chi connectivity index (χ0) is 13.8. The molecule has 0 aliphatic heterocycles. The van der Waals surface area contributed by atoms with Crippen molar-refractivity contribution in [1.82, 2.24) is 9.97 Å². The Bertz CT molecular complexity index is 428. The van der Waals surface area contributed by atoms with Crippen molar-refractivity contribution in [1.29, 1.82) is 0 Å². The highest BCUT2D eigenvalue weighted by molar-refractivity contribution is 7.54. The number of rotatable bonds is 6. The fraction of sp³-hybridized carbons (Fsp3) is 0.600. The highest BCUT2D eigenvalue weighted by Crippen LogP contribution is 2.60. The van der Waals surface area contributed by atoms with Crippen molar-refractivity contribution in [2.24, 2.45) is 0 Å². The molecule has 0 radical (unpaired) electrons. The second-order valence-corrected chi connectivity index (χ2v) is 6.57. The summed E-state index contributed by atoms with van der Waals surface area (Å²) in [6, 6.07) is 1.41. The van der Waals surface area contributed by atoms with Gasteiger partial charge in [-0.2, -0.15) is 0 Å². The molecule has 0 aromatic carbocycles. The lowest BCUT2D eigenvalue weighted by Crippen LogP contribution is -2.07. The Morgan fingerprint density at radius 1 is 1.22 bits per heavy atom. The van der Waals surface area contributed by atoms with Gasteiger partial charge in [-0.05, 0) is 20.8 Å². The van der Waals surface area contributed by atoms with Gasteiger partial charge in [0, 0.05) is 6.07 Å². The molecule has 1 atom stereocenters. The number of nitrogens with zero attached hydrogens (tertiary/aromatic N) is 2. The third-order valence-corrected chi connectivity index (χ3v) is 4.95. The van der Waals surface area contributed by atoms with E-state index in [4.69, 9.17) is 32.2 Å². The molecule has 8 heteroatoms. The average Bonchev–Trinajstić information content (AvgIpc) is 2.27. The Morgan fingerprint density at radius 3 is 2.06 bits per heavy atom. The van der Waals surface area contributed by atoms with Gasteiger partial charge in [0.25, 0.3) is 0 Å². The summed E-state index contributed by atoms with van der Waals surface area (Å²) < 4.78 is 23.0. The van der Waals surface area contributed by atoms with Gasteiger partial charge in [-0.1, -0.05) is 23.2 Å². The molecule has 102 valence electrons. The van der Waals surface area contributed by atoms with Gasteiger partial charge in [-0.3, -0.25) is 4.57 Å². The molecule has 1 aromatic rings. The van der Waals surface area contributed by atoms with Gasteiger partial charge >= 0.3 is 7.60 Å². The minimum Gasteiger partial charge on any atom is -0.308 e. The summed E-state index contributed by atoms with van der Waals surface area (Å²) >= 11 is 11.6. The smallest absolute Gasteiger partial charge is 0.308 e. The van der Waals surface area contributed by atoms with Crippen molar-refractivity contribution >= 4 is 30.8 Å². The van der Waals surface area contributed by atoms with Crippen LogP contribution in [0.25, 0.3) is 0 Å². The highest BCUT2D eigenvalue weighted by Gasteiger charge is 2.35. The van der Waals surface area contributed by atoms with E-state index in [9.17, 15) is 4.57 Å². The lowest BCUT2D eigenvalue weighted by atomic mass is 10.4. The molecule has 0 saturated heterocycles. The maximum absolute atomic E-state index is 12.5. The Kier molecular flexibility index (Phi) is 6.02. The second-order valence-electron chi connectivity index (χ2n) is 3.42. The van der Waals surface area contributed by atoms with E-state index in [1.54, 1.807) is 20.8 Å². The predicted molar refractivity (Wildman–Crippen MR) is 71.3 cm³/mol. The number of hydrogen-bond acceptors (Lipinski definition) is 5. The summed E-state index contributed by atoms with van der Waals surface area (Å²) in [5.74, 6) is 0.248. The predicted octanol–water partition coefficient (Wildman–Crippen LogP) is 4.11. The third kappa shape index (κ3) is 3.90. The number of aromatic nitrogens is 2. The first kappa shape index (κ1) is 15.9. The first-order valence-electron chi connectivity index (χ1n) is 5.51. The minimum absolute atomic E-state index is 0.191. The molecule has 1 aromatic heterocycles. The van der Waals surface area contributed by atoms with Crippen LogP contribution in [-0.2, 0) is 13.6 Å². The van der Waals surface area contributed by atoms with Crippen LogP contribution in [0.2, 0.25) is 10.3 Å². The Hall–Kier alpha value is -0.190. The van der Waals surface area contributed by atoms with Gasteiger partial charge in [0.15, 0.2) is 0 Å². The van der Waals surface area contributed by atoms with E-state index in [-0.39, 0.29) is 29.3 Å². The topological polar surface area (TPSA) is 61.3 Å². The third-order valence-electron chi connectivity index (χ3n) is 2.15. The lowest BCUT2D eigenvalue weighted by molar-refractivity contribution is 0.212. The summed E-state index contributed by atoms with van der Waals surface area (Å²) in [7, 11) is -3.31. The van der Waals surface area contributed by atoms with Crippen LogP contribution < -0.4 is 0 Å². The first-order valence-corrected chi connectivity index (χ1v) is 7.88. The molecule has 0 aliphatic carbocycles. The van der Waals surface area contributed by atoms with E-state index in [1.165, 1.54) is 6.07 Å². The normalized spacial score (nSPS) is 13.6. The fourth-order valence-electron chi connectivity index (χ4n) is 1.36. The van der Waals surface area contributed by atoms with Crippen LogP contribution in [0.1, 0.15) is 32.3 Å². The Morgan fingerprint density at radius 2 is 1.67 bits per heavy atom. The maximum atomic E-state index is 12.5. The molecule has 0 fully saturated rings. The lowest BCUT2D eigenvalue weighted by Gasteiger charge is -2.22. The van der Waals surface area contributed by atoms with Crippen molar-refractivity contribution in [2.45, 2.75) is 26.4 Å². The summed E-state index contributed by atoms with van der Waals surface area (Å²) in [4.78, 5) is 8.00. The molecule has 0 spiro atoms. The molecule has 1 unspecified atom stereocenters. The molecule has 0 saturated carbocycles. The molecule has 0 aliphatic rings. The maximum Gasteiger partial charge on any atom is 0.341 e. The second kappa shape index (κ2) is 6.83. The van der Waals surface area contributed by atoms with Crippen LogP contribution in [0.3, 0.4) is 0 Å². The van der Waals surface area contributed by atoms with Gasteiger partial charge in [-0.15, -0.1) is 0 Å². The Balaban J connectivity index is 3.09. The van der Waals surface area contributed by atoms with E-state index in [0.29, 0.717) is 0 Å². The van der Waals surface area contributed by atoms with Crippen molar-refractivity contribution in [2.75, 3.05) is 13.2 Å². The molecule has 0 amide bonds. The van der Waals surface area contributed by atoms with E-state index in [2.05, 4.69) is 9.97 Å². The van der Waals surface area contributed by atoms with Crippen molar-refractivity contribution in [3.8, 4) is 0 Å². The van der Waals surface area contributed by atoms with Crippen LogP contribution in [0.4, 0.5) is 0 Å². The minimum atomic E-state index is -3.31. The van der Waals surface area contributed by atoms with Gasteiger partial charge in [0.05, 0.1) is 13.2 Å². The van der Waals surface area contributed by atoms with E-state index >= 15 is 0 Å². The number of hydrogen-bond donors (Lipinski definition) is 0. The van der Waals surface area contributed by atoms with Gasteiger partial charge in [0.2, 0.25) is 0 Å². The molecule has 18 heavy (non-hydrogen) atoms. The monoisotopic (exact) mass is 312 g/mol. The van der Waals surface area contributed by atoms with Crippen LogP contribution in [0, 0.1) is 0 Å². The van der Waals surface area contributed by atoms with Crippen molar-refractivity contribution in [3.63, 3.8) is 0 Å². The number of halogens is 2. The SMILES string of the molecule is CCOP(=O)(OCC)C(C)c1nc(Cl)cc(Cl)n1. The molecule has 0 N–H and O–H groups in total. The van der Waals surface area contributed by atoms with Crippen LogP contribution in [-0.4, -0.2) is 23.2 Å². The van der Waals surface area contributed by atoms with E-state index in [1.807, 2.05) is 0 Å². The van der Waals surface area contributed by atoms with Gasteiger partial charge in [0.1, 0.15) is 21.8 Å². The van der Waals surface area contributed by atoms with Crippen LogP contribution in [0.15, 0.2) is 6.07 Å². The molecule has 1 rings (SSSR count). The summed E-state index contributed by atoms with van der Waals surface area (Å²) in [5, 5.41) is 0.382. The largest absolute Gasteiger partial charge is 0.341 e. The van der Waals surface area contributed by atoms with Gasteiger partial charge < -0.3 is 9.05 Å². The molecule has 1 heterocycles. The standard InChI is InChI=1S/C10H15Cl2N2O3P/c1-4-16-18(15,17-5-2)7(3)10-13-8(11)6-9(12)14-10/h6-7H,4-5H2,1-3H3. The average molecular weight is 313 g/mol. The zero-order valence-electron chi connectivity index (χ0n) is 10.4. The molecular formula is C10H15Cl2N2O3P. The summed E-state index contributed by atoms with van der Waals surface area (Å²) in [6.07, 6.45) is 0. The van der Waals surface area contributed by atoms with Gasteiger partial charge in [-0.25, -0.2) is 9.97 Å². The van der Waals surface area contributed by atoms with Crippen LogP contribution >= 0.6 is 30.8 Å². The molecular weight excluding hydrogens is 298 g/mol. The molecule has 0 bridgehead atoms. The summed E-state index contributed by atoms with van der Waals surface area (Å²) in [5.41, 5.74) is -0.631. The van der Waals surface area contributed by atoms with E-state index < -0.39 is 13.3 Å².